The maximum atomic E-state index is 12.1. The first-order valence-electron chi connectivity index (χ1n) is 12.2. The zero-order valence-corrected chi connectivity index (χ0v) is 21.1. The van der Waals surface area contributed by atoms with E-state index in [1.54, 1.807) is 31.2 Å². The van der Waals surface area contributed by atoms with Gasteiger partial charge in [-0.15, -0.1) is 0 Å². The number of carbonyl (C=O) groups is 2. The van der Waals surface area contributed by atoms with Gasteiger partial charge in [-0.2, -0.15) is 0 Å². The van der Waals surface area contributed by atoms with E-state index < -0.39 is 6.04 Å². The summed E-state index contributed by atoms with van der Waals surface area (Å²) >= 11 is 0. The quantitative estimate of drug-likeness (QED) is 0.162. The minimum Gasteiger partial charge on any atom is -0.384 e. The first-order valence-corrected chi connectivity index (χ1v) is 12.2. The maximum Gasteiger partial charge on any atom is 0.242 e. The molecule has 0 saturated carbocycles. The number of benzene rings is 3. The summed E-state index contributed by atoms with van der Waals surface area (Å²) < 4.78 is 0. The van der Waals surface area contributed by atoms with Crippen molar-refractivity contribution in [3.05, 3.63) is 107 Å². The zero-order chi connectivity index (χ0) is 26.2. The van der Waals surface area contributed by atoms with E-state index in [9.17, 15) is 9.59 Å². The molecule has 190 valence electrons. The van der Waals surface area contributed by atoms with E-state index in [-0.39, 0.29) is 24.2 Å². The smallest absolute Gasteiger partial charge is 0.242 e. The molecule has 1 atom stereocenters. The van der Waals surface area contributed by atoms with Crippen molar-refractivity contribution in [2.24, 2.45) is 5.73 Å². The van der Waals surface area contributed by atoms with E-state index in [4.69, 9.17) is 11.1 Å². The number of amidine groups is 1. The Bertz CT molecular complexity index is 1070. The highest BCUT2D eigenvalue weighted by Crippen LogP contribution is 2.04. The molecule has 0 radical (unpaired) electrons. The predicted octanol–water partition coefficient (Wildman–Crippen LogP) is 3.17. The number of carbonyl (C=O) groups excluding carboxylic acids is 2. The van der Waals surface area contributed by atoms with Gasteiger partial charge in [0.2, 0.25) is 11.8 Å². The molecule has 7 heteroatoms. The van der Waals surface area contributed by atoms with Crippen LogP contribution in [0.15, 0.2) is 84.9 Å². The summed E-state index contributed by atoms with van der Waals surface area (Å²) in [4.78, 5) is 24.1. The molecule has 0 fully saturated rings. The van der Waals surface area contributed by atoms with Crippen LogP contribution < -0.4 is 21.7 Å². The largest absolute Gasteiger partial charge is 0.384 e. The summed E-state index contributed by atoms with van der Waals surface area (Å²) in [5, 5.41) is 15.9. The Kier molecular flexibility index (Phi) is 12.4. The van der Waals surface area contributed by atoms with Gasteiger partial charge >= 0.3 is 0 Å². The van der Waals surface area contributed by atoms with Crippen molar-refractivity contribution in [3.8, 4) is 0 Å². The molecule has 3 rings (SSSR count). The SMILES string of the molecule is CC(NC(=O)CNCCc1ccccc1)C(=O)NCc1ccc(C(=N)N)cc1.CCc1ccccc1. The molecule has 6 N–H and O–H groups in total. The van der Waals surface area contributed by atoms with Crippen molar-refractivity contribution in [2.45, 2.75) is 39.3 Å². The maximum absolute atomic E-state index is 12.1. The van der Waals surface area contributed by atoms with Crippen molar-refractivity contribution >= 4 is 17.6 Å². The average Bonchev–Trinajstić information content (AvgIpc) is 2.91. The van der Waals surface area contributed by atoms with E-state index in [1.807, 2.05) is 36.4 Å². The van der Waals surface area contributed by atoms with Crippen molar-refractivity contribution in [1.29, 1.82) is 5.41 Å². The van der Waals surface area contributed by atoms with Crippen LogP contribution in [0.4, 0.5) is 0 Å². The second-order valence-corrected chi connectivity index (χ2v) is 8.37. The Morgan fingerprint density at radius 1 is 0.861 bits per heavy atom. The minimum atomic E-state index is -0.625. The van der Waals surface area contributed by atoms with Crippen LogP contribution in [0, 0.1) is 5.41 Å². The van der Waals surface area contributed by atoms with E-state index in [1.165, 1.54) is 11.1 Å². The summed E-state index contributed by atoms with van der Waals surface area (Å²) in [6.45, 7) is 5.00. The summed E-state index contributed by atoms with van der Waals surface area (Å²) in [7, 11) is 0. The third kappa shape index (κ3) is 11.0. The molecule has 1 unspecified atom stereocenters. The summed E-state index contributed by atoms with van der Waals surface area (Å²) in [5.41, 5.74) is 9.55. The Morgan fingerprint density at radius 3 is 1.97 bits per heavy atom. The molecule has 0 saturated heterocycles. The van der Waals surface area contributed by atoms with Gasteiger partial charge < -0.3 is 21.7 Å². The Balaban J connectivity index is 0.000000482. The number of hydrogen-bond donors (Lipinski definition) is 5. The van der Waals surface area contributed by atoms with Gasteiger partial charge in [-0.3, -0.25) is 15.0 Å². The lowest BCUT2D eigenvalue weighted by atomic mass is 10.1. The van der Waals surface area contributed by atoms with Crippen LogP contribution in [0.1, 0.15) is 36.1 Å². The molecule has 0 aromatic heterocycles. The second kappa shape index (κ2) is 15.8. The molecule has 0 aliphatic rings. The fourth-order valence-corrected chi connectivity index (χ4v) is 3.30. The number of nitrogens with two attached hydrogens (primary N) is 1. The Labute approximate surface area is 214 Å². The predicted molar refractivity (Wildman–Crippen MR) is 146 cm³/mol. The second-order valence-electron chi connectivity index (χ2n) is 8.37. The Hall–Kier alpha value is -3.97. The molecule has 0 heterocycles. The number of nitrogens with one attached hydrogen (secondary N) is 4. The molecule has 2 amide bonds. The van der Waals surface area contributed by atoms with Crippen LogP contribution in [0.25, 0.3) is 0 Å². The van der Waals surface area contributed by atoms with Gasteiger partial charge in [0.15, 0.2) is 0 Å². The van der Waals surface area contributed by atoms with Gasteiger partial charge in [0, 0.05) is 12.1 Å². The van der Waals surface area contributed by atoms with Gasteiger partial charge in [-0.1, -0.05) is 91.9 Å². The third-order valence-electron chi connectivity index (χ3n) is 5.47. The zero-order valence-electron chi connectivity index (χ0n) is 21.1. The summed E-state index contributed by atoms with van der Waals surface area (Å²) in [6.07, 6.45) is 1.98. The van der Waals surface area contributed by atoms with Crippen molar-refractivity contribution in [3.63, 3.8) is 0 Å². The lowest BCUT2D eigenvalue weighted by molar-refractivity contribution is -0.128. The first kappa shape index (κ1) is 28.3. The fourth-order valence-electron chi connectivity index (χ4n) is 3.30. The minimum absolute atomic E-state index is 0.00398. The molecule has 0 bridgehead atoms. The van der Waals surface area contributed by atoms with Crippen LogP contribution in [0.5, 0.6) is 0 Å². The van der Waals surface area contributed by atoms with Crippen molar-refractivity contribution < 1.29 is 9.59 Å². The first-order chi connectivity index (χ1) is 17.4. The number of hydrogen-bond acceptors (Lipinski definition) is 4. The van der Waals surface area contributed by atoms with Crippen LogP contribution in [0.2, 0.25) is 0 Å². The molecular weight excluding hydrogens is 450 g/mol. The van der Waals surface area contributed by atoms with E-state index in [2.05, 4.69) is 47.1 Å². The number of aryl methyl sites for hydroxylation is 1. The highest BCUT2D eigenvalue weighted by atomic mass is 16.2. The average molecular weight is 488 g/mol. The van der Waals surface area contributed by atoms with Gasteiger partial charge in [0.1, 0.15) is 11.9 Å². The summed E-state index contributed by atoms with van der Waals surface area (Å²) in [5.74, 6) is -0.473. The lowest BCUT2D eigenvalue weighted by Gasteiger charge is -2.14. The van der Waals surface area contributed by atoms with E-state index >= 15 is 0 Å². The molecular formula is C29H37N5O2. The molecule has 3 aromatic rings. The monoisotopic (exact) mass is 487 g/mol. The number of rotatable bonds is 11. The summed E-state index contributed by atoms with van der Waals surface area (Å²) in [6, 6.07) is 26.9. The van der Waals surface area contributed by atoms with Gasteiger partial charge in [-0.05, 0) is 43.0 Å². The van der Waals surface area contributed by atoms with E-state index in [0.717, 1.165) is 18.4 Å². The lowest BCUT2D eigenvalue weighted by Crippen LogP contribution is -2.47. The molecule has 0 aliphatic carbocycles. The van der Waals surface area contributed by atoms with Crippen molar-refractivity contribution in [1.82, 2.24) is 16.0 Å². The van der Waals surface area contributed by atoms with Crippen molar-refractivity contribution in [2.75, 3.05) is 13.1 Å². The van der Waals surface area contributed by atoms with E-state index in [0.29, 0.717) is 18.7 Å². The molecule has 36 heavy (non-hydrogen) atoms. The number of amides is 2. The van der Waals surface area contributed by atoms with Crippen LogP contribution in [-0.2, 0) is 29.0 Å². The molecule has 0 spiro atoms. The number of nitrogen functional groups attached to an aromatic ring is 1. The molecule has 0 aliphatic heterocycles. The van der Waals surface area contributed by atoms with Gasteiger partial charge in [0.25, 0.3) is 0 Å². The van der Waals surface area contributed by atoms with Gasteiger partial charge in [-0.25, -0.2) is 0 Å². The normalized spacial score (nSPS) is 10.9. The Morgan fingerprint density at radius 2 is 1.44 bits per heavy atom. The standard InChI is InChI=1S/C21H27N5O2.C8H10/c1-15(21(28)25-13-17-7-9-18(10-8-17)20(22)23)26-19(27)14-24-12-11-16-5-3-2-4-6-16;1-2-8-6-4-3-5-7-8/h2-10,15,24H,11-14H2,1H3,(H3,22,23)(H,25,28)(H,26,27);3-7H,2H2,1H3. The third-order valence-corrected chi connectivity index (χ3v) is 5.47. The fraction of sp³-hybridized carbons (Fsp3) is 0.276. The van der Waals surface area contributed by atoms with Gasteiger partial charge in [0.05, 0.1) is 6.54 Å². The van der Waals surface area contributed by atoms with Crippen LogP contribution >= 0.6 is 0 Å². The van der Waals surface area contributed by atoms with Crippen LogP contribution in [-0.4, -0.2) is 36.8 Å². The highest BCUT2D eigenvalue weighted by molar-refractivity contribution is 5.94. The highest BCUT2D eigenvalue weighted by Gasteiger charge is 2.15. The molecule has 3 aromatic carbocycles. The van der Waals surface area contributed by atoms with Crippen LogP contribution in [0.3, 0.4) is 0 Å². The molecule has 7 nitrogen and oxygen atoms in total. The topological polar surface area (TPSA) is 120 Å².